The first-order chi connectivity index (χ1) is 9.81. The lowest BCUT2D eigenvalue weighted by Crippen LogP contribution is -2.28. The van der Waals surface area contributed by atoms with Crippen LogP contribution in [-0.4, -0.2) is 25.6 Å². The molecule has 1 unspecified atom stereocenters. The number of Topliss-reactive ketones (excluding diaryl/α,β-unsaturated/α-hetero) is 1. The monoisotopic (exact) mass is 270 g/mol. The third-order valence-electron chi connectivity index (χ3n) is 3.84. The summed E-state index contributed by atoms with van der Waals surface area (Å²) in [5, 5.41) is 1.91. The Balaban J connectivity index is 2.05. The molecule has 3 rings (SSSR count). The normalized spacial score (nSPS) is 18.9. The Morgan fingerprint density at radius 2 is 1.95 bits per heavy atom. The Labute approximate surface area is 118 Å². The van der Waals surface area contributed by atoms with Crippen LogP contribution in [0.5, 0.6) is 5.75 Å². The van der Waals surface area contributed by atoms with Crippen LogP contribution in [0.25, 0.3) is 10.8 Å². The number of carbonyl (C=O) groups excluding carboxylic acids is 1. The number of rotatable bonds is 3. The van der Waals surface area contributed by atoms with Crippen LogP contribution in [0.1, 0.15) is 29.6 Å². The molecule has 2 aromatic rings. The summed E-state index contributed by atoms with van der Waals surface area (Å²) in [6.07, 6.45) is 2.64. The second kappa shape index (κ2) is 5.63. The van der Waals surface area contributed by atoms with Gasteiger partial charge in [-0.05, 0) is 36.8 Å². The van der Waals surface area contributed by atoms with E-state index in [0.717, 1.165) is 41.3 Å². The molecule has 3 heteroatoms. The van der Waals surface area contributed by atoms with Gasteiger partial charge in [-0.2, -0.15) is 0 Å². The maximum Gasteiger partial charge on any atom is 0.192 e. The second-order valence-corrected chi connectivity index (χ2v) is 5.08. The van der Waals surface area contributed by atoms with E-state index in [1.807, 2.05) is 36.4 Å². The molecule has 0 N–H and O–H groups in total. The van der Waals surface area contributed by atoms with Crippen molar-refractivity contribution >= 4 is 16.6 Å². The molecule has 3 nitrogen and oxygen atoms in total. The summed E-state index contributed by atoms with van der Waals surface area (Å²) in [5.74, 6) is 0.880. The zero-order chi connectivity index (χ0) is 13.9. The number of benzene rings is 2. The molecule has 0 aliphatic carbocycles. The largest absolute Gasteiger partial charge is 0.496 e. The average Bonchev–Trinajstić information content (AvgIpc) is 2.54. The lowest BCUT2D eigenvalue weighted by atomic mass is 9.95. The SMILES string of the molecule is COc1ccc(C(=O)C2CCCCO2)c2ccccc12. The molecule has 1 saturated heterocycles. The number of fused-ring (bicyclic) bond motifs is 1. The van der Waals surface area contributed by atoms with Crippen molar-refractivity contribution in [2.24, 2.45) is 0 Å². The van der Waals surface area contributed by atoms with Gasteiger partial charge in [-0.15, -0.1) is 0 Å². The molecular formula is C17H18O3. The summed E-state index contributed by atoms with van der Waals surface area (Å²) in [6.45, 7) is 0.685. The van der Waals surface area contributed by atoms with E-state index in [-0.39, 0.29) is 11.9 Å². The molecular weight excluding hydrogens is 252 g/mol. The van der Waals surface area contributed by atoms with Crippen molar-refractivity contribution in [1.82, 2.24) is 0 Å². The number of carbonyl (C=O) groups is 1. The van der Waals surface area contributed by atoms with E-state index in [2.05, 4.69) is 0 Å². The van der Waals surface area contributed by atoms with Gasteiger partial charge in [0.25, 0.3) is 0 Å². The molecule has 20 heavy (non-hydrogen) atoms. The minimum Gasteiger partial charge on any atom is -0.496 e. The maximum absolute atomic E-state index is 12.6. The molecule has 1 heterocycles. The lowest BCUT2D eigenvalue weighted by Gasteiger charge is -2.22. The molecule has 1 atom stereocenters. The third kappa shape index (κ3) is 2.29. The van der Waals surface area contributed by atoms with Gasteiger partial charge in [0.05, 0.1) is 7.11 Å². The average molecular weight is 270 g/mol. The van der Waals surface area contributed by atoms with Crippen molar-refractivity contribution in [1.29, 1.82) is 0 Å². The van der Waals surface area contributed by atoms with Crippen molar-refractivity contribution in [2.45, 2.75) is 25.4 Å². The highest BCUT2D eigenvalue weighted by atomic mass is 16.5. The Morgan fingerprint density at radius 3 is 2.65 bits per heavy atom. The van der Waals surface area contributed by atoms with Gasteiger partial charge in [0.2, 0.25) is 0 Å². The van der Waals surface area contributed by atoms with Crippen LogP contribution in [0, 0.1) is 0 Å². The van der Waals surface area contributed by atoms with Gasteiger partial charge < -0.3 is 9.47 Å². The van der Waals surface area contributed by atoms with E-state index in [0.29, 0.717) is 6.61 Å². The first-order valence-electron chi connectivity index (χ1n) is 7.03. The summed E-state index contributed by atoms with van der Waals surface area (Å²) < 4.78 is 11.0. The quantitative estimate of drug-likeness (QED) is 0.799. The molecule has 0 aromatic heterocycles. The summed E-state index contributed by atoms with van der Waals surface area (Å²) >= 11 is 0. The highest BCUT2D eigenvalue weighted by Crippen LogP contribution is 2.30. The number of hydrogen-bond acceptors (Lipinski definition) is 3. The Kier molecular flexibility index (Phi) is 3.70. The predicted molar refractivity (Wildman–Crippen MR) is 78.4 cm³/mol. The van der Waals surface area contributed by atoms with Gasteiger partial charge in [0.1, 0.15) is 11.9 Å². The van der Waals surface area contributed by atoms with E-state index in [1.165, 1.54) is 0 Å². The van der Waals surface area contributed by atoms with Crippen molar-refractivity contribution < 1.29 is 14.3 Å². The van der Waals surface area contributed by atoms with Gasteiger partial charge in [0, 0.05) is 17.6 Å². The number of hydrogen-bond donors (Lipinski definition) is 0. The zero-order valence-electron chi connectivity index (χ0n) is 11.6. The fraction of sp³-hybridized carbons (Fsp3) is 0.353. The minimum absolute atomic E-state index is 0.0866. The molecule has 1 fully saturated rings. The highest BCUT2D eigenvalue weighted by Gasteiger charge is 2.24. The minimum atomic E-state index is -0.291. The van der Waals surface area contributed by atoms with Crippen LogP contribution >= 0.6 is 0 Å². The molecule has 0 bridgehead atoms. The van der Waals surface area contributed by atoms with Crippen molar-refractivity contribution in [3.05, 3.63) is 42.0 Å². The number of ketones is 1. The second-order valence-electron chi connectivity index (χ2n) is 5.08. The molecule has 0 amide bonds. The first kappa shape index (κ1) is 13.1. The van der Waals surface area contributed by atoms with Crippen LogP contribution in [-0.2, 0) is 4.74 Å². The number of ether oxygens (including phenoxy) is 2. The molecule has 0 radical (unpaired) electrons. The summed E-state index contributed by atoms with van der Waals surface area (Å²) in [6, 6.07) is 11.6. The highest BCUT2D eigenvalue weighted by molar-refractivity contribution is 6.11. The molecule has 1 aliphatic heterocycles. The van der Waals surface area contributed by atoms with Crippen LogP contribution in [0.15, 0.2) is 36.4 Å². The summed E-state index contributed by atoms with van der Waals surface area (Å²) in [7, 11) is 1.65. The van der Waals surface area contributed by atoms with Gasteiger partial charge in [0.15, 0.2) is 5.78 Å². The standard InChI is InChI=1S/C17H18O3/c1-19-15-10-9-14(12-6-2-3-7-13(12)15)17(18)16-8-4-5-11-20-16/h2-3,6-7,9-10,16H,4-5,8,11H2,1H3. The van der Waals surface area contributed by atoms with Crippen molar-refractivity contribution in [2.75, 3.05) is 13.7 Å². The molecule has 104 valence electrons. The van der Waals surface area contributed by atoms with E-state index in [4.69, 9.17) is 9.47 Å². The zero-order valence-corrected chi connectivity index (χ0v) is 11.6. The fourth-order valence-corrected chi connectivity index (χ4v) is 2.79. The van der Waals surface area contributed by atoms with Crippen LogP contribution in [0.3, 0.4) is 0 Å². The lowest BCUT2D eigenvalue weighted by molar-refractivity contribution is 0.0188. The fourth-order valence-electron chi connectivity index (χ4n) is 2.79. The van der Waals surface area contributed by atoms with Crippen LogP contribution in [0.2, 0.25) is 0 Å². The van der Waals surface area contributed by atoms with E-state index >= 15 is 0 Å². The summed E-state index contributed by atoms with van der Waals surface area (Å²) in [5.41, 5.74) is 0.730. The Bertz CT molecular complexity index is 627. The van der Waals surface area contributed by atoms with Crippen LogP contribution in [0.4, 0.5) is 0 Å². The molecule has 1 aliphatic rings. The van der Waals surface area contributed by atoms with Crippen molar-refractivity contribution in [3.63, 3.8) is 0 Å². The van der Waals surface area contributed by atoms with Gasteiger partial charge in [-0.1, -0.05) is 24.3 Å². The first-order valence-corrected chi connectivity index (χ1v) is 7.03. The molecule has 0 saturated carbocycles. The predicted octanol–water partition coefficient (Wildman–Crippen LogP) is 3.60. The van der Waals surface area contributed by atoms with Crippen molar-refractivity contribution in [3.8, 4) is 5.75 Å². The number of methoxy groups -OCH3 is 1. The van der Waals surface area contributed by atoms with E-state index < -0.39 is 0 Å². The van der Waals surface area contributed by atoms with E-state index in [9.17, 15) is 4.79 Å². The van der Waals surface area contributed by atoms with Gasteiger partial charge >= 0.3 is 0 Å². The molecule has 2 aromatic carbocycles. The smallest absolute Gasteiger partial charge is 0.192 e. The third-order valence-corrected chi connectivity index (χ3v) is 3.84. The summed E-state index contributed by atoms with van der Waals surface area (Å²) in [4.78, 5) is 12.6. The Hall–Kier alpha value is -1.87. The maximum atomic E-state index is 12.6. The van der Waals surface area contributed by atoms with Gasteiger partial charge in [-0.25, -0.2) is 0 Å². The van der Waals surface area contributed by atoms with E-state index in [1.54, 1.807) is 7.11 Å². The van der Waals surface area contributed by atoms with Gasteiger partial charge in [-0.3, -0.25) is 4.79 Å². The van der Waals surface area contributed by atoms with Crippen LogP contribution < -0.4 is 4.74 Å². The topological polar surface area (TPSA) is 35.5 Å². The molecule has 0 spiro atoms. The Morgan fingerprint density at radius 1 is 1.15 bits per heavy atom.